The zero-order valence-electron chi connectivity index (χ0n) is 13.0. The van der Waals surface area contributed by atoms with Gasteiger partial charge in [0.1, 0.15) is 17.7 Å². The average Bonchev–Trinajstić information content (AvgIpc) is 2.47. The molecule has 20 heavy (non-hydrogen) atoms. The second kappa shape index (κ2) is 7.46. The Morgan fingerprint density at radius 3 is 2.80 bits per heavy atom. The molecule has 1 aliphatic rings. The van der Waals surface area contributed by atoms with E-state index < -0.39 is 0 Å². The Morgan fingerprint density at radius 2 is 2.10 bits per heavy atom. The molecule has 0 saturated heterocycles. The Labute approximate surface area is 122 Å². The van der Waals surface area contributed by atoms with Crippen molar-refractivity contribution in [1.82, 2.24) is 9.97 Å². The molecule has 1 aliphatic carbocycles. The lowest BCUT2D eigenvalue weighted by Gasteiger charge is -2.28. The van der Waals surface area contributed by atoms with Crippen molar-refractivity contribution in [3.8, 4) is 5.88 Å². The Hall–Kier alpha value is -1.32. The lowest BCUT2D eigenvalue weighted by Crippen LogP contribution is -2.25. The van der Waals surface area contributed by atoms with Crippen LogP contribution in [0, 0.1) is 5.92 Å². The minimum absolute atomic E-state index is 0.322. The maximum atomic E-state index is 6.13. The molecule has 2 rings (SSSR count). The molecule has 1 heterocycles. The number of nitrogens with zero attached hydrogens (tertiary/aromatic N) is 2. The Morgan fingerprint density at radius 1 is 1.25 bits per heavy atom. The Kier molecular flexibility index (Phi) is 5.62. The number of hydrogen-bond donors (Lipinski definition) is 1. The minimum Gasteiger partial charge on any atom is -0.474 e. The fraction of sp³-hybridized carbons (Fsp3) is 0.750. The van der Waals surface area contributed by atoms with Gasteiger partial charge in [-0.05, 0) is 32.1 Å². The molecule has 0 radical (unpaired) electrons. The van der Waals surface area contributed by atoms with Gasteiger partial charge in [-0.25, -0.2) is 4.98 Å². The van der Waals surface area contributed by atoms with Crippen LogP contribution in [0.2, 0.25) is 0 Å². The van der Waals surface area contributed by atoms with Crippen LogP contribution < -0.4 is 10.1 Å². The van der Waals surface area contributed by atoms with Crippen LogP contribution in [0.3, 0.4) is 0 Å². The van der Waals surface area contributed by atoms with Crippen LogP contribution in [-0.2, 0) is 6.42 Å². The lowest BCUT2D eigenvalue weighted by atomic mass is 9.85. The van der Waals surface area contributed by atoms with Crippen LogP contribution in [0.4, 0.5) is 5.82 Å². The molecule has 2 unspecified atom stereocenters. The van der Waals surface area contributed by atoms with Gasteiger partial charge in [0.15, 0.2) is 0 Å². The van der Waals surface area contributed by atoms with E-state index in [1.807, 2.05) is 6.07 Å². The van der Waals surface area contributed by atoms with Gasteiger partial charge in [0.05, 0.1) is 0 Å². The molecule has 1 N–H and O–H groups in total. The fourth-order valence-corrected chi connectivity index (χ4v) is 2.85. The molecule has 0 spiro atoms. The molecule has 1 aromatic rings. The van der Waals surface area contributed by atoms with Gasteiger partial charge >= 0.3 is 0 Å². The number of hydrogen-bond acceptors (Lipinski definition) is 4. The summed E-state index contributed by atoms with van der Waals surface area (Å²) in [5.74, 6) is 3.27. The first kappa shape index (κ1) is 15.1. The molecule has 1 saturated carbocycles. The third kappa shape index (κ3) is 4.09. The van der Waals surface area contributed by atoms with Gasteiger partial charge < -0.3 is 10.1 Å². The molecule has 0 amide bonds. The minimum atomic E-state index is 0.322. The number of rotatable bonds is 6. The number of aryl methyl sites for hydroxylation is 1. The predicted octanol–water partition coefficient (Wildman–Crippen LogP) is 3.82. The highest BCUT2D eigenvalue weighted by atomic mass is 16.5. The van der Waals surface area contributed by atoms with E-state index in [4.69, 9.17) is 4.74 Å². The van der Waals surface area contributed by atoms with E-state index in [9.17, 15) is 0 Å². The standard InChI is InChI=1S/C16H27N3O/c1-4-12-8-7-9-13(10-12)20-16-11-15(17-6-3)18-14(5-2)19-16/h11-13H,4-10H2,1-3H3,(H,17,18,19). The first-order chi connectivity index (χ1) is 9.75. The Balaban J connectivity index is 2.05. The monoisotopic (exact) mass is 277 g/mol. The van der Waals surface area contributed by atoms with Gasteiger partial charge in [-0.1, -0.05) is 26.7 Å². The van der Waals surface area contributed by atoms with Crippen molar-refractivity contribution < 1.29 is 4.74 Å². The van der Waals surface area contributed by atoms with Gasteiger partial charge in [0.2, 0.25) is 5.88 Å². The van der Waals surface area contributed by atoms with E-state index in [2.05, 4.69) is 36.1 Å². The van der Waals surface area contributed by atoms with Gasteiger partial charge in [0, 0.05) is 19.0 Å². The molecule has 0 bridgehead atoms. The maximum Gasteiger partial charge on any atom is 0.218 e. The Bertz CT molecular complexity index is 422. The second-order valence-electron chi connectivity index (χ2n) is 5.57. The van der Waals surface area contributed by atoms with Crippen molar-refractivity contribution in [1.29, 1.82) is 0 Å². The normalized spacial score (nSPS) is 22.6. The summed E-state index contributed by atoms with van der Waals surface area (Å²) in [7, 11) is 0. The zero-order valence-corrected chi connectivity index (χ0v) is 13.0. The topological polar surface area (TPSA) is 47.0 Å². The maximum absolute atomic E-state index is 6.13. The molecule has 2 atom stereocenters. The van der Waals surface area contributed by atoms with E-state index in [0.717, 1.165) is 42.8 Å². The molecule has 0 aromatic carbocycles. The molecule has 1 aromatic heterocycles. The van der Waals surface area contributed by atoms with Crippen molar-refractivity contribution in [2.45, 2.75) is 65.4 Å². The summed E-state index contributed by atoms with van der Waals surface area (Å²) in [6, 6.07) is 1.93. The summed E-state index contributed by atoms with van der Waals surface area (Å²) >= 11 is 0. The summed E-state index contributed by atoms with van der Waals surface area (Å²) in [5, 5.41) is 3.25. The molecule has 0 aliphatic heterocycles. The summed E-state index contributed by atoms with van der Waals surface area (Å²) in [5.41, 5.74) is 0. The second-order valence-corrected chi connectivity index (χ2v) is 5.57. The summed E-state index contributed by atoms with van der Waals surface area (Å²) < 4.78 is 6.13. The van der Waals surface area contributed by atoms with E-state index >= 15 is 0 Å². The van der Waals surface area contributed by atoms with Crippen LogP contribution in [0.1, 0.15) is 58.7 Å². The fourth-order valence-electron chi connectivity index (χ4n) is 2.85. The smallest absolute Gasteiger partial charge is 0.218 e. The van der Waals surface area contributed by atoms with Crippen LogP contribution >= 0.6 is 0 Å². The molecule has 4 heteroatoms. The van der Waals surface area contributed by atoms with Crippen molar-refractivity contribution in [3.05, 3.63) is 11.9 Å². The van der Waals surface area contributed by atoms with Crippen molar-refractivity contribution in [3.63, 3.8) is 0 Å². The summed E-state index contributed by atoms with van der Waals surface area (Å²) in [6.07, 6.45) is 7.35. The van der Waals surface area contributed by atoms with Crippen LogP contribution in [0.25, 0.3) is 0 Å². The van der Waals surface area contributed by atoms with Crippen molar-refractivity contribution in [2.24, 2.45) is 5.92 Å². The number of anilines is 1. The SMILES string of the molecule is CCNc1cc(OC2CCCC(CC)C2)nc(CC)n1. The molecule has 1 fully saturated rings. The molecule has 4 nitrogen and oxygen atoms in total. The van der Waals surface area contributed by atoms with Crippen molar-refractivity contribution >= 4 is 5.82 Å². The van der Waals surface area contributed by atoms with E-state index in [-0.39, 0.29) is 0 Å². The average molecular weight is 277 g/mol. The van der Waals surface area contributed by atoms with Gasteiger partial charge in [-0.15, -0.1) is 0 Å². The highest BCUT2D eigenvalue weighted by Gasteiger charge is 2.22. The highest BCUT2D eigenvalue weighted by molar-refractivity contribution is 5.38. The molecular formula is C16H27N3O. The van der Waals surface area contributed by atoms with E-state index in [1.54, 1.807) is 0 Å². The van der Waals surface area contributed by atoms with Crippen LogP contribution in [-0.4, -0.2) is 22.6 Å². The summed E-state index contributed by atoms with van der Waals surface area (Å²) in [6.45, 7) is 7.28. The zero-order chi connectivity index (χ0) is 14.4. The highest BCUT2D eigenvalue weighted by Crippen LogP contribution is 2.29. The molecule has 112 valence electrons. The van der Waals surface area contributed by atoms with Crippen molar-refractivity contribution in [2.75, 3.05) is 11.9 Å². The van der Waals surface area contributed by atoms with E-state index in [1.165, 1.54) is 25.7 Å². The van der Waals surface area contributed by atoms with Crippen LogP contribution in [0.15, 0.2) is 6.07 Å². The van der Waals surface area contributed by atoms with Gasteiger partial charge in [-0.3, -0.25) is 0 Å². The van der Waals surface area contributed by atoms with E-state index in [0.29, 0.717) is 6.10 Å². The molecular weight excluding hydrogens is 250 g/mol. The summed E-state index contributed by atoms with van der Waals surface area (Å²) in [4.78, 5) is 8.97. The quantitative estimate of drug-likeness (QED) is 0.858. The number of nitrogens with one attached hydrogen (secondary N) is 1. The predicted molar refractivity (Wildman–Crippen MR) is 82.2 cm³/mol. The first-order valence-electron chi connectivity index (χ1n) is 8.03. The van der Waals surface area contributed by atoms with Crippen LogP contribution in [0.5, 0.6) is 5.88 Å². The third-order valence-electron chi connectivity index (χ3n) is 4.02. The number of aromatic nitrogens is 2. The largest absolute Gasteiger partial charge is 0.474 e. The first-order valence-corrected chi connectivity index (χ1v) is 8.03. The third-order valence-corrected chi connectivity index (χ3v) is 4.02. The lowest BCUT2D eigenvalue weighted by molar-refractivity contribution is 0.117. The van der Waals surface area contributed by atoms with Gasteiger partial charge in [-0.2, -0.15) is 4.98 Å². The van der Waals surface area contributed by atoms with Gasteiger partial charge in [0.25, 0.3) is 0 Å². The number of ether oxygens (including phenoxy) is 1.